The number of ether oxygens (including phenoxy) is 1. The van der Waals surface area contributed by atoms with Gasteiger partial charge in [-0.25, -0.2) is 4.98 Å². The summed E-state index contributed by atoms with van der Waals surface area (Å²) >= 11 is 1.63. The first-order valence-corrected chi connectivity index (χ1v) is 9.12. The summed E-state index contributed by atoms with van der Waals surface area (Å²) in [7, 11) is 3.79. The summed E-state index contributed by atoms with van der Waals surface area (Å²) in [6.45, 7) is 6.96. The van der Waals surface area contributed by atoms with E-state index >= 15 is 0 Å². The summed E-state index contributed by atoms with van der Waals surface area (Å²) in [4.78, 5) is 20.3. The molecular weight excluding hydrogens is 310 g/mol. The first-order chi connectivity index (χ1) is 10.8. The molecule has 0 unspecified atom stereocenters. The largest absolute Gasteiger partial charge is 0.378 e. The number of fused-ring (bicyclic) bond motifs is 1. The van der Waals surface area contributed by atoms with Crippen LogP contribution in [0.15, 0.2) is 0 Å². The van der Waals surface area contributed by atoms with Crippen LogP contribution >= 0.6 is 11.3 Å². The fourth-order valence-corrected chi connectivity index (χ4v) is 4.97. The molecule has 0 bridgehead atoms. The molecule has 1 N–H and O–H groups in total. The van der Waals surface area contributed by atoms with Gasteiger partial charge < -0.3 is 10.1 Å². The maximum atomic E-state index is 12.3. The molecule has 1 aromatic rings. The lowest BCUT2D eigenvalue weighted by Crippen LogP contribution is -2.68. The Labute approximate surface area is 142 Å². The van der Waals surface area contributed by atoms with Gasteiger partial charge in [0.1, 0.15) is 0 Å². The van der Waals surface area contributed by atoms with Gasteiger partial charge in [-0.05, 0) is 39.7 Å². The molecule has 6 heteroatoms. The van der Waals surface area contributed by atoms with E-state index in [0.29, 0.717) is 12.6 Å². The Kier molecular flexibility index (Phi) is 4.27. The standard InChI is InChI=1S/C17H27N3O2S/c1-16(2)13(9-17(16,3)22-5)20(4)10-14(21)19-15-18-11-7-6-8-12(11)23-15/h13H,6-10H2,1-5H3,(H,18,19,21)/t13-,17+/m0/s1. The lowest BCUT2D eigenvalue weighted by Gasteiger charge is -2.61. The van der Waals surface area contributed by atoms with Gasteiger partial charge in [0, 0.05) is 23.4 Å². The van der Waals surface area contributed by atoms with Crippen molar-refractivity contribution in [3.05, 3.63) is 10.6 Å². The topological polar surface area (TPSA) is 54.5 Å². The number of thiazole rings is 1. The van der Waals surface area contributed by atoms with Crippen LogP contribution in [0.25, 0.3) is 0 Å². The number of methoxy groups -OCH3 is 1. The number of aryl methyl sites for hydroxylation is 2. The summed E-state index contributed by atoms with van der Waals surface area (Å²) in [5.41, 5.74) is 1.09. The smallest absolute Gasteiger partial charge is 0.240 e. The molecule has 5 nitrogen and oxygen atoms in total. The van der Waals surface area contributed by atoms with Crippen LogP contribution < -0.4 is 5.32 Å². The lowest BCUT2D eigenvalue weighted by atomic mass is 9.55. The van der Waals surface area contributed by atoms with Crippen molar-refractivity contribution >= 4 is 22.4 Å². The van der Waals surface area contributed by atoms with Gasteiger partial charge in [-0.2, -0.15) is 0 Å². The maximum Gasteiger partial charge on any atom is 0.240 e. The van der Waals surface area contributed by atoms with Crippen LogP contribution in [0.3, 0.4) is 0 Å². The van der Waals surface area contributed by atoms with Crippen LogP contribution in [0.5, 0.6) is 0 Å². The summed E-state index contributed by atoms with van der Waals surface area (Å²) in [5, 5.41) is 3.72. The second-order valence-corrected chi connectivity index (χ2v) is 8.67. The number of carbonyl (C=O) groups excluding carboxylic acids is 1. The molecule has 2 aliphatic carbocycles. The third kappa shape index (κ3) is 2.81. The van der Waals surface area contributed by atoms with Gasteiger partial charge in [0.15, 0.2) is 5.13 Å². The van der Waals surface area contributed by atoms with E-state index in [0.717, 1.165) is 24.4 Å². The molecule has 23 heavy (non-hydrogen) atoms. The predicted octanol–water partition coefficient (Wildman–Crippen LogP) is 2.71. The lowest BCUT2D eigenvalue weighted by molar-refractivity contribution is -0.205. The van der Waals surface area contributed by atoms with Crippen LogP contribution in [-0.4, -0.2) is 48.1 Å². The number of nitrogens with zero attached hydrogens (tertiary/aromatic N) is 2. The van der Waals surface area contributed by atoms with E-state index in [-0.39, 0.29) is 16.9 Å². The monoisotopic (exact) mass is 337 g/mol. The van der Waals surface area contributed by atoms with E-state index in [4.69, 9.17) is 4.74 Å². The Balaban J connectivity index is 1.56. The molecule has 1 amide bonds. The Morgan fingerprint density at radius 2 is 2.17 bits per heavy atom. The molecule has 128 valence electrons. The van der Waals surface area contributed by atoms with E-state index in [1.807, 2.05) is 7.05 Å². The molecule has 1 saturated carbocycles. The van der Waals surface area contributed by atoms with Gasteiger partial charge in [-0.15, -0.1) is 11.3 Å². The Hall–Kier alpha value is -0.980. The van der Waals surface area contributed by atoms with Gasteiger partial charge in [0.2, 0.25) is 5.91 Å². The second-order valence-electron chi connectivity index (χ2n) is 7.58. The average molecular weight is 337 g/mol. The average Bonchev–Trinajstić information content (AvgIpc) is 3.04. The molecule has 1 fully saturated rings. The van der Waals surface area contributed by atoms with Gasteiger partial charge >= 0.3 is 0 Å². The minimum absolute atomic E-state index is 0.0155. The zero-order valence-corrected chi connectivity index (χ0v) is 15.5. The van der Waals surface area contributed by atoms with Crippen molar-refractivity contribution in [3.63, 3.8) is 0 Å². The first-order valence-electron chi connectivity index (χ1n) is 8.30. The molecule has 1 aromatic heterocycles. The number of aromatic nitrogens is 1. The van der Waals surface area contributed by atoms with E-state index in [1.54, 1.807) is 18.4 Å². The molecule has 0 saturated heterocycles. The number of anilines is 1. The zero-order chi connectivity index (χ0) is 16.8. The number of hydrogen-bond donors (Lipinski definition) is 1. The minimum Gasteiger partial charge on any atom is -0.378 e. The van der Waals surface area contributed by atoms with Crippen molar-refractivity contribution < 1.29 is 9.53 Å². The third-order valence-corrected chi connectivity index (χ3v) is 7.07. The highest BCUT2D eigenvalue weighted by Crippen LogP contribution is 2.53. The van der Waals surface area contributed by atoms with Crippen molar-refractivity contribution in [2.75, 3.05) is 26.0 Å². The number of amides is 1. The van der Waals surface area contributed by atoms with Gasteiger partial charge in [0.25, 0.3) is 0 Å². The highest BCUT2D eigenvalue weighted by molar-refractivity contribution is 7.15. The Morgan fingerprint density at radius 1 is 1.43 bits per heavy atom. The predicted molar refractivity (Wildman–Crippen MR) is 93.0 cm³/mol. The Bertz CT molecular complexity index is 591. The van der Waals surface area contributed by atoms with E-state index in [1.165, 1.54) is 17.0 Å². The molecule has 0 aromatic carbocycles. The molecule has 2 aliphatic rings. The van der Waals surface area contributed by atoms with Crippen molar-refractivity contribution in [2.45, 2.75) is 58.1 Å². The highest BCUT2D eigenvalue weighted by Gasteiger charge is 2.59. The van der Waals surface area contributed by atoms with Crippen LogP contribution in [-0.2, 0) is 22.4 Å². The molecule has 0 aliphatic heterocycles. The van der Waals surface area contributed by atoms with Gasteiger partial charge in [-0.3, -0.25) is 9.69 Å². The summed E-state index contributed by atoms with van der Waals surface area (Å²) in [5.74, 6) is 0.0155. The number of likely N-dealkylation sites (N-methyl/N-ethyl adjacent to an activating group) is 1. The maximum absolute atomic E-state index is 12.3. The molecule has 0 spiro atoms. The summed E-state index contributed by atoms with van der Waals surface area (Å²) < 4.78 is 5.67. The fourth-order valence-electron chi connectivity index (χ4n) is 3.90. The summed E-state index contributed by atoms with van der Waals surface area (Å²) in [6.07, 6.45) is 4.30. The van der Waals surface area contributed by atoms with Crippen LogP contribution in [0.1, 0.15) is 44.2 Å². The third-order valence-electron chi connectivity index (χ3n) is 6.00. The fraction of sp³-hybridized carbons (Fsp3) is 0.765. The van der Waals surface area contributed by atoms with E-state index in [9.17, 15) is 4.79 Å². The molecule has 0 radical (unpaired) electrons. The van der Waals surface area contributed by atoms with Crippen LogP contribution in [0, 0.1) is 5.41 Å². The van der Waals surface area contributed by atoms with Crippen molar-refractivity contribution in [1.29, 1.82) is 0 Å². The quantitative estimate of drug-likeness (QED) is 0.897. The van der Waals surface area contributed by atoms with Crippen LogP contribution in [0.2, 0.25) is 0 Å². The van der Waals surface area contributed by atoms with Gasteiger partial charge in [-0.1, -0.05) is 13.8 Å². The minimum atomic E-state index is -0.113. The van der Waals surface area contributed by atoms with E-state index < -0.39 is 0 Å². The number of carbonyl (C=O) groups is 1. The Morgan fingerprint density at radius 3 is 2.78 bits per heavy atom. The normalized spacial score (nSPS) is 28.5. The van der Waals surface area contributed by atoms with Crippen molar-refractivity contribution in [3.8, 4) is 0 Å². The second kappa shape index (κ2) is 5.83. The van der Waals surface area contributed by atoms with Crippen LogP contribution in [0.4, 0.5) is 5.13 Å². The molecule has 2 atom stereocenters. The van der Waals surface area contributed by atoms with Crippen molar-refractivity contribution in [1.82, 2.24) is 9.88 Å². The number of hydrogen-bond acceptors (Lipinski definition) is 5. The van der Waals surface area contributed by atoms with E-state index in [2.05, 4.69) is 36.0 Å². The molecule has 3 rings (SSSR count). The number of nitrogens with one attached hydrogen (secondary N) is 1. The molecular formula is C17H27N3O2S. The first kappa shape index (κ1) is 16.9. The zero-order valence-electron chi connectivity index (χ0n) is 14.7. The number of rotatable bonds is 5. The van der Waals surface area contributed by atoms with Gasteiger partial charge in [0.05, 0.1) is 17.8 Å². The van der Waals surface area contributed by atoms with Crippen molar-refractivity contribution in [2.24, 2.45) is 5.41 Å². The molecule has 1 heterocycles. The highest BCUT2D eigenvalue weighted by atomic mass is 32.1. The summed E-state index contributed by atoms with van der Waals surface area (Å²) in [6, 6.07) is 0.347. The SMILES string of the molecule is CO[C@]1(C)C[C@H](N(C)CC(=O)Nc2nc3c(s2)CCC3)C1(C)C.